The molecule has 1 aromatic carbocycles. The fourth-order valence-corrected chi connectivity index (χ4v) is 4.15. The van der Waals surface area contributed by atoms with E-state index in [0.29, 0.717) is 6.04 Å². The van der Waals surface area contributed by atoms with Crippen molar-refractivity contribution in [1.82, 2.24) is 4.98 Å². The van der Waals surface area contributed by atoms with E-state index < -0.39 is 0 Å². The van der Waals surface area contributed by atoms with Crippen LogP contribution in [0.5, 0.6) is 0 Å². The summed E-state index contributed by atoms with van der Waals surface area (Å²) in [4.78, 5) is 15.6. The van der Waals surface area contributed by atoms with Gasteiger partial charge in [0.2, 0.25) is 5.91 Å². The van der Waals surface area contributed by atoms with Gasteiger partial charge in [-0.05, 0) is 38.2 Å². The summed E-state index contributed by atoms with van der Waals surface area (Å²) in [6, 6.07) is 8.11. The summed E-state index contributed by atoms with van der Waals surface area (Å²) in [6.07, 6.45) is 3.92. The molecule has 2 unspecified atom stereocenters. The average molecular weight is 345 g/mol. The average Bonchev–Trinajstić information content (AvgIpc) is 2.88. The topological polar surface area (TPSA) is 88.2 Å². The van der Waals surface area contributed by atoms with Crippen LogP contribution < -0.4 is 11.1 Å². The Labute approximate surface area is 145 Å². The minimum absolute atomic E-state index is 0.193. The predicted molar refractivity (Wildman–Crippen MR) is 97.1 cm³/mol. The van der Waals surface area contributed by atoms with Crippen LogP contribution in [0.2, 0.25) is 0 Å². The minimum atomic E-state index is -0.325. The summed E-state index contributed by atoms with van der Waals surface area (Å²) >= 11 is 1.63. The molecule has 0 bridgehead atoms. The Bertz CT molecular complexity index is 712. The number of aliphatic hydroxyl groups is 1. The molecule has 0 spiro atoms. The van der Waals surface area contributed by atoms with E-state index in [9.17, 15) is 9.90 Å². The van der Waals surface area contributed by atoms with Crippen molar-refractivity contribution in [3.05, 3.63) is 35.5 Å². The van der Waals surface area contributed by atoms with Gasteiger partial charge in [0.15, 0.2) is 0 Å². The number of anilines is 1. The third-order valence-corrected chi connectivity index (χ3v) is 5.50. The van der Waals surface area contributed by atoms with Gasteiger partial charge < -0.3 is 16.2 Å². The van der Waals surface area contributed by atoms with Crippen molar-refractivity contribution in [1.29, 1.82) is 0 Å². The van der Waals surface area contributed by atoms with Gasteiger partial charge in [-0.25, -0.2) is 4.98 Å². The fraction of sp³-hybridized carbons (Fsp3) is 0.444. The van der Waals surface area contributed by atoms with Gasteiger partial charge in [-0.1, -0.05) is 35.6 Å². The molecule has 3 rings (SSSR count). The van der Waals surface area contributed by atoms with E-state index in [2.05, 4.69) is 10.3 Å². The number of carbonyl (C=O) groups is 1. The number of hydrogen-bond acceptors (Lipinski definition) is 5. The normalized spacial score (nSPS) is 20.8. The molecule has 24 heavy (non-hydrogen) atoms. The van der Waals surface area contributed by atoms with E-state index in [4.69, 9.17) is 5.73 Å². The zero-order valence-electron chi connectivity index (χ0n) is 13.8. The highest BCUT2D eigenvalue weighted by Gasteiger charge is 2.21. The molecule has 1 saturated carbocycles. The number of rotatable bonds is 5. The number of nitrogens with one attached hydrogen (secondary N) is 1. The largest absolute Gasteiger partial charge is 0.393 e. The van der Waals surface area contributed by atoms with E-state index in [1.165, 1.54) is 0 Å². The van der Waals surface area contributed by atoms with Crippen molar-refractivity contribution in [3.8, 4) is 10.6 Å². The van der Waals surface area contributed by atoms with Gasteiger partial charge in [0, 0.05) is 11.6 Å². The number of nitrogens with zero attached hydrogens (tertiary/aromatic N) is 1. The molecular weight excluding hydrogens is 322 g/mol. The van der Waals surface area contributed by atoms with Crippen LogP contribution in [-0.2, 0) is 11.2 Å². The third-order valence-electron chi connectivity index (χ3n) is 4.36. The van der Waals surface area contributed by atoms with Crippen LogP contribution in [0.15, 0.2) is 24.3 Å². The SMILES string of the molecule is Cc1nc(-c2ccc(CC(N)=O)cc2)sc1NC1CCCC(O)C1. The number of aromatic nitrogens is 1. The molecule has 0 saturated heterocycles. The maximum atomic E-state index is 11.0. The lowest BCUT2D eigenvalue weighted by Gasteiger charge is -2.26. The number of benzene rings is 1. The van der Waals surface area contributed by atoms with E-state index in [0.717, 1.165) is 52.5 Å². The first-order chi connectivity index (χ1) is 11.5. The first kappa shape index (κ1) is 16.9. The van der Waals surface area contributed by atoms with Crippen molar-refractivity contribution in [2.24, 2.45) is 5.73 Å². The maximum Gasteiger partial charge on any atom is 0.221 e. The number of aliphatic hydroxyl groups excluding tert-OH is 1. The number of carbonyl (C=O) groups excluding carboxylic acids is 1. The molecule has 0 radical (unpaired) electrons. The summed E-state index contributed by atoms with van der Waals surface area (Å²) in [7, 11) is 0. The minimum Gasteiger partial charge on any atom is -0.393 e. The van der Waals surface area contributed by atoms with E-state index in [-0.39, 0.29) is 18.4 Å². The number of nitrogens with two attached hydrogens (primary N) is 1. The van der Waals surface area contributed by atoms with Crippen molar-refractivity contribution in [2.75, 3.05) is 5.32 Å². The van der Waals surface area contributed by atoms with Crippen molar-refractivity contribution >= 4 is 22.2 Å². The van der Waals surface area contributed by atoms with Crippen LogP contribution in [0.25, 0.3) is 10.6 Å². The lowest BCUT2D eigenvalue weighted by molar-refractivity contribution is -0.117. The molecule has 2 atom stereocenters. The highest BCUT2D eigenvalue weighted by atomic mass is 32.1. The Morgan fingerprint density at radius 3 is 2.79 bits per heavy atom. The van der Waals surface area contributed by atoms with Gasteiger partial charge >= 0.3 is 0 Å². The molecule has 1 aliphatic carbocycles. The molecule has 1 aromatic heterocycles. The molecule has 0 aliphatic heterocycles. The smallest absolute Gasteiger partial charge is 0.221 e. The fourth-order valence-electron chi connectivity index (χ4n) is 3.10. The van der Waals surface area contributed by atoms with Gasteiger partial charge in [0.05, 0.1) is 18.2 Å². The highest BCUT2D eigenvalue weighted by Crippen LogP contribution is 2.34. The van der Waals surface area contributed by atoms with E-state index in [1.807, 2.05) is 31.2 Å². The van der Waals surface area contributed by atoms with Gasteiger partial charge in [-0.3, -0.25) is 4.79 Å². The van der Waals surface area contributed by atoms with E-state index >= 15 is 0 Å². The summed E-state index contributed by atoms with van der Waals surface area (Å²) in [5, 5.41) is 15.4. The second-order valence-corrected chi connectivity index (χ2v) is 7.43. The number of primary amides is 1. The summed E-state index contributed by atoms with van der Waals surface area (Å²) in [6.45, 7) is 2.00. The van der Waals surface area contributed by atoms with Gasteiger partial charge in [0.1, 0.15) is 10.0 Å². The van der Waals surface area contributed by atoms with E-state index in [1.54, 1.807) is 11.3 Å². The summed E-state index contributed by atoms with van der Waals surface area (Å²) in [5.74, 6) is -0.325. The predicted octanol–water partition coefficient (Wildman–Crippen LogP) is 2.86. The zero-order valence-corrected chi connectivity index (χ0v) is 14.6. The standard InChI is InChI=1S/C18H23N3O2S/c1-11-17(21-14-3-2-4-15(22)10-14)24-18(20-11)13-7-5-12(6-8-13)9-16(19)23/h5-8,14-15,21-22H,2-4,9-10H2,1H3,(H2,19,23). The lowest BCUT2D eigenvalue weighted by Crippen LogP contribution is -2.29. The summed E-state index contributed by atoms with van der Waals surface area (Å²) < 4.78 is 0. The second-order valence-electron chi connectivity index (χ2n) is 6.44. The zero-order chi connectivity index (χ0) is 17.1. The Balaban J connectivity index is 1.72. The van der Waals surface area contributed by atoms with Crippen molar-refractivity contribution < 1.29 is 9.90 Å². The molecule has 1 amide bonds. The Morgan fingerprint density at radius 2 is 2.12 bits per heavy atom. The van der Waals surface area contributed by atoms with Crippen LogP contribution in [0, 0.1) is 6.92 Å². The van der Waals surface area contributed by atoms with Crippen LogP contribution >= 0.6 is 11.3 Å². The number of aryl methyl sites for hydroxylation is 1. The number of thiazole rings is 1. The van der Waals surface area contributed by atoms with Crippen LogP contribution in [0.3, 0.4) is 0 Å². The first-order valence-corrected chi connectivity index (χ1v) is 9.12. The van der Waals surface area contributed by atoms with Gasteiger partial charge in [-0.15, -0.1) is 0 Å². The van der Waals surface area contributed by atoms with Crippen LogP contribution in [-0.4, -0.2) is 28.1 Å². The highest BCUT2D eigenvalue weighted by molar-refractivity contribution is 7.19. The molecule has 1 aliphatic rings. The second kappa shape index (κ2) is 7.32. The molecule has 4 N–H and O–H groups in total. The Hall–Kier alpha value is -1.92. The molecular formula is C18H23N3O2S. The van der Waals surface area contributed by atoms with Crippen molar-refractivity contribution in [2.45, 2.75) is 51.2 Å². The first-order valence-electron chi connectivity index (χ1n) is 8.31. The Kier molecular flexibility index (Phi) is 5.16. The third kappa shape index (κ3) is 4.13. The van der Waals surface area contributed by atoms with Gasteiger partial charge in [0.25, 0.3) is 0 Å². The molecule has 6 heteroatoms. The Morgan fingerprint density at radius 1 is 1.38 bits per heavy atom. The number of amides is 1. The maximum absolute atomic E-state index is 11.0. The molecule has 2 aromatic rings. The molecule has 1 fully saturated rings. The lowest BCUT2D eigenvalue weighted by atomic mass is 9.93. The molecule has 5 nitrogen and oxygen atoms in total. The van der Waals surface area contributed by atoms with Crippen LogP contribution in [0.1, 0.15) is 36.9 Å². The quantitative estimate of drug-likeness (QED) is 0.777. The summed E-state index contributed by atoms with van der Waals surface area (Å²) in [5.41, 5.74) is 8.15. The molecule has 128 valence electrons. The monoisotopic (exact) mass is 345 g/mol. The van der Waals surface area contributed by atoms with Gasteiger partial charge in [-0.2, -0.15) is 0 Å². The number of hydrogen-bond donors (Lipinski definition) is 3. The van der Waals surface area contributed by atoms with Crippen molar-refractivity contribution in [3.63, 3.8) is 0 Å². The molecule has 1 heterocycles. The van der Waals surface area contributed by atoms with Crippen LogP contribution in [0.4, 0.5) is 5.00 Å².